The summed E-state index contributed by atoms with van der Waals surface area (Å²) < 4.78 is 39.8. The zero-order valence-electron chi connectivity index (χ0n) is 9.82. The molecule has 96 valence electrons. The van der Waals surface area contributed by atoms with Gasteiger partial charge in [-0.1, -0.05) is 30.3 Å². The van der Waals surface area contributed by atoms with Gasteiger partial charge in [0, 0.05) is 6.20 Å². The van der Waals surface area contributed by atoms with E-state index in [0.717, 1.165) is 10.4 Å². The second-order valence-electron chi connectivity index (χ2n) is 4.11. The van der Waals surface area contributed by atoms with Gasteiger partial charge >= 0.3 is 0 Å². The average Bonchev–Trinajstić information content (AvgIpc) is 2.39. The van der Waals surface area contributed by atoms with Crippen molar-refractivity contribution in [2.24, 2.45) is 0 Å². The molecule has 0 N–H and O–H groups in total. The Hall–Kier alpha value is -2.14. The summed E-state index contributed by atoms with van der Waals surface area (Å²) in [6.45, 7) is 0. The van der Waals surface area contributed by atoms with Crippen molar-refractivity contribution in [1.29, 1.82) is 0 Å². The molecule has 1 aliphatic heterocycles. The van der Waals surface area contributed by atoms with Crippen LogP contribution >= 0.6 is 0 Å². The second-order valence-corrected chi connectivity index (χ2v) is 5.86. The molecule has 0 aliphatic carbocycles. The number of sulfonamides is 1. The second kappa shape index (κ2) is 4.20. The Morgan fingerprint density at radius 3 is 2.42 bits per heavy atom. The number of rotatable bonds is 1. The Kier molecular flexibility index (Phi) is 2.64. The van der Waals surface area contributed by atoms with Gasteiger partial charge in [0.2, 0.25) is 0 Å². The predicted molar refractivity (Wildman–Crippen MR) is 71.5 cm³/mol. The Morgan fingerprint density at radius 2 is 1.68 bits per heavy atom. The third-order valence-corrected chi connectivity index (χ3v) is 4.71. The van der Waals surface area contributed by atoms with E-state index in [9.17, 15) is 12.8 Å². The molecule has 0 unspecified atom stereocenters. The first-order valence-electron chi connectivity index (χ1n) is 5.67. The quantitative estimate of drug-likeness (QED) is 0.802. The molecule has 3 rings (SSSR count). The lowest BCUT2D eigenvalue weighted by molar-refractivity contribution is 0.565. The van der Waals surface area contributed by atoms with E-state index in [4.69, 9.17) is 0 Å². The molecular formula is C14H10FNO2S. The third kappa shape index (κ3) is 1.82. The van der Waals surface area contributed by atoms with Crippen LogP contribution in [0, 0.1) is 5.82 Å². The predicted octanol–water partition coefficient (Wildman–Crippen LogP) is 3.01. The Balaban J connectivity index is 2.23. The lowest BCUT2D eigenvalue weighted by Gasteiger charge is -2.25. The van der Waals surface area contributed by atoms with Gasteiger partial charge in [-0.05, 0) is 29.8 Å². The van der Waals surface area contributed by atoms with Gasteiger partial charge in [-0.3, -0.25) is 0 Å². The molecule has 2 aromatic rings. The van der Waals surface area contributed by atoms with Gasteiger partial charge in [-0.2, -0.15) is 0 Å². The van der Waals surface area contributed by atoms with Crippen molar-refractivity contribution in [3.63, 3.8) is 0 Å². The largest absolute Gasteiger partial charge is 0.271 e. The Bertz CT molecular complexity index is 754. The van der Waals surface area contributed by atoms with Gasteiger partial charge in [0.05, 0.1) is 5.69 Å². The van der Waals surface area contributed by atoms with Crippen LogP contribution < -0.4 is 4.31 Å². The fourth-order valence-electron chi connectivity index (χ4n) is 2.06. The van der Waals surface area contributed by atoms with E-state index < -0.39 is 15.8 Å². The molecule has 0 saturated heterocycles. The van der Waals surface area contributed by atoms with Gasteiger partial charge in [0.25, 0.3) is 10.0 Å². The Labute approximate surface area is 110 Å². The molecule has 19 heavy (non-hydrogen) atoms. The van der Waals surface area contributed by atoms with Crippen LogP contribution in [-0.2, 0) is 10.0 Å². The fraction of sp³-hybridized carbons (Fsp3) is 0. The summed E-state index contributed by atoms with van der Waals surface area (Å²) in [4.78, 5) is -0.277. The smallest absolute Gasteiger partial charge is 0.242 e. The van der Waals surface area contributed by atoms with Crippen molar-refractivity contribution in [3.8, 4) is 0 Å². The summed E-state index contributed by atoms with van der Waals surface area (Å²) in [5, 5.41) is 0. The van der Waals surface area contributed by atoms with Crippen LogP contribution in [0.3, 0.4) is 0 Å². The lowest BCUT2D eigenvalue weighted by Crippen LogP contribution is -2.29. The zero-order chi connectivity index (χ0) is 13.5. The molecule has 0 aromatic heterocycles. The van der Waals surface area contributed by atoms with E-state index in [0.29, 0.717) is 11.3 Å². The standard InChI is InChI=1S/C14H10FNO2S/c15-13-8-4-5-11-9-10-16(19(17,18)14(11)13)12-6-2-1-3-7-12/h1-10H. The molecule has 1 aliphatic rings. The normalized spacial score (nSPS) is 16.2. The summed E-state index contributed by atoms with van der Waals surface area (Å²) >= 11 is 0. The van der Waals surface area contributed by atoms with Crippen LogP contribution in [0.4, 0.5) is 10.1 Å². The number of hydrogen-bond acceptors (Lipinski definition) is 2. The van der Waals surface area contributed by atoms with E-state index in [1.165, 1.54) is 12.3 Å². The highest BCUT2D eigenvalue weighted by atomic mass is 32.2. The number of halogens is 1. The molecule has 0 spiro atoms. The van der Waals surface area contributed by atoms with Crippen molar-refractivity contribution < 1.29 is 12.8 Å². The zero-order valence-corrected chi connectivity index (χ0v) is 10.6. The first-order chi connectivity index (χ1) is 9.10. The van der Waals surface area contributed by atoms with Gasteiger partial charge < -0.3 is 0 Å². The Morgan fingerprint density at radius 1 is 0.947 bits per heavy atom. The third-order valence-electron chi connectivity index (χ3n) is 2.91. The van der Waals surface area contributed by atoms with Crippen LogP contribution in [0.1, 0.15) is 5.56 Å². The molecule has 1 heterocycles. The average molecular weight is 275 g/mol. The number of hydrogen-bond donors (Lipinski definition) is 0. The number of para-hydroxylation sites is 1. The van der Waals surface area contributed by atoms with Gasteiger partial charge in [-0.25, -0.2) is 17.1 Å². The number of anilines is 1. The van der Waals surface area contributed by atoms with Crippen LogP contribution in [0.5, 0.6) is 0 Å². The molecular weight excluding hydrogens is 265 g/mol. The van der Waals surface area contributed by atoms with Crippen molar-refractivity contribution in [2.45, 2.75) is 4.90 Å². The molecule has 5 heteroatoms. The minimum atomic E-state index is -3.90. The molecule has 0 atom stereocenters. The number of fused-ring (bicyclic) bond motifs is 1. The van der Waals surface area contributed by atoms with Crippen molar-refractivity contribution >= 4 is 21.8 Å². The minimum Gasteiger partial charge on any atom is -0.242 e. The van der Waals surface area contributed by atoms with Crippen molar-refractivity contribution in [3.05, 3.63) is 66.1 Å². The first kappa shape index (κ1) is 11.9. The summed E-state index contributed by atoms with van der Waals surface area (Å²) in [5.74, 6) is -0.734. The highest BCUT2D eigenvalue weighted by Gasteiger charge is 2.31. The maximum atomic E-state index is 13.8. The molecule has 0 amide bonds. The lowest BCUT2D eigenvalue weighted by atomic mass is 10.2. The van der Waals surface area contributed by atoms with Gasteiger partial charge in [-0.15, -0.1) is 0 Å². The molecule has 0 radical (unpaired) electrons. The van der Waals surface area contributed by atoms with Gasteiger partial charge in [0.1, 0.15) is 10.7 Å². The SMILES string of the molecule is O=S1(=O)c2c(F)cccc2C=CN1c1ccccc1. The highest BCUT2D eigenvalue weighted by Crippen LogP contribution is 2.32. The van der Waals surface area contributed by atoms with E-state index in [1.54, 1.807) is 42.5 Å². The van der Waals surface area contributed by atoms with Crippen LogP contribution in [0.25, 0.3) is 6.08 Å². The maximum absolute atomic E-state index is 13.8. The fourth-order valence-corrected chi connectivity index (χ4v) is 3.62. The summed E-state index contributed by atoms with van der Waals surface area (Å²) in [5.41, 5.74) is 0.847. The monoisotopic (exact) mass is 275 g/mol. The molecule has 0 bridgehead atoms. The summed E-state index contributed by atoms with van der Waals surface area (Å²) in [6.07, 6.45) is 3.03. The first-order valence-corrected chi connectivity index (χ1v) is 7.11. The topological polar surface area (TPSA) is 37.4 Å². The van der Waals surface area contributed by atoms with E-state index in [-0.39, 0.29) is 4.90 Å². The van der Waals surface area contributed by atoms with Gasteiger partial charge in [0.15, 0.2) is 0 Å². The van der Waals surface area contributed by atoms with E-state index >= 15 is 0 Å². The highest BCUT2D eigenvalue weighted by molar-refractivity contribution is 7.93. The van der Waals surface area contributed by atoms with E-state index in [1.807, 2.05) is 0 Å². The molecule has 0 fully saturated rings. The molecule has 0 saturated carbocycles. The maximum Gasteiger partial charge on any atom is 0.271 e. The van der Waals surface area contributed by atoms with Crippen molar-refractivity contribution in [2.75, 3.05) is 4.31 Å². The van der Waals surface area contributed by atoms with E-state index in [2.05, 4.69) is 0 Å². The summed E-state index contributed by atoms with van der Waals surface area (Å²) in [7, 11) is -3.90. The van der Waals surface area contributed by atoms with Crippen molar-refractivity contribution in [1.82, 2.24) is 0 Å². The number of nitrogens with zero attached hydrogens (tertiary/aromatic N) is 1. The van der Waals surface area contributed by atoms with Crippen LogP contribution in [-0.4, -0.2) is 8.42 Å². The van der Waals surface area contributed by atoms with Crippen LogP contribution in [0.15, 0.2) is 59.6 Å². The number of benzene rings is 2. The van der Waals surface area contributed by atoms with Crippen LogP contribution in [0.2, 0.25) is 0 Å². The molecule has 2 aromatic carbocycles. The summed E-state index contributed by atoms with van der Waals surface area (Å²) in [6, 6.07) is 12.8. The molecule has 3 nitrogen and oxygen atoms in total. The minimum absolute atomic E-state index is 0.277.